The fraction of sp³-hybridized carbons (Fsp3) is 0.400. The van der Waals surface area contributed by atoms with Crippen LogP contribution in [0.15, 0.2) is 33.2 Å². The molecule has 1 fully saturated rings. The van der Waals surface area contributed by atoms with Crippen molar-refractivity contribution >= 4 is 23.0 Å². The van der Waals surface area contributed by atoms with Crippen LogP contribution in [0.1, 0.15) is 46.5 Å². The van der Waals surface area contributed by atoms with Crippen LogP contribution in [0.25, 0.3) is 11.1 Å². The number of nitrogens with zero attached hydrogens (tertiary/aromatic N) is 3. The van der Waals surface area contributed by atoms with Gasteiger partial charge in [-0.25, -0.2) is 9.78 Å². The number of likely N-dealkylation sites (tertiary alicyclic amines) is 1. The molecule has 0 atom stereocenters. The van der Waals surface area contributed by atoms with Crippen LogP contribution in [-0.4, -0.2) is 46.6 Å². The molecule has 0 saturated carbocycles. The summed E-state index contributed by atoms with van der Waals surface area (Å²) in [5, 5.41) is 3.72. The molecule has 0 aliphatic carbocycles. The van der Waals surface area contributed by atoms with E-state index in [0.717, 1.165) is 29.8 Å². The fourth-order valence-corrected chi connectivity index (χ4v) is 3.51. The van der Waals surface area contributed by atoms with Crippen LogP contribution < -0.4 is 0 Å². The van der Waals surface area contributed by atoms with Gasteiger partial charge < -0.3 is 18.6 Å². The van der Waals surface area contributed by atoms with Crippen LogP contribution in [0.2, 0.25) is 0 Å². The SMILES string of the molecule is Cc1noc(C)c1C(=O)OCC(=O)N1CCC(c2nc3ccccc3o2)CC1. The Morgan fingerprint density at radius 1 is 1.21 bits per heavy atom. The van der Waals surface area contributed by atoms with E-state index in [1.54, 1.807) is 18.7 Å². The highest BCUT2D eigenvalue weighted by Gasteiger charge is 2.28. The van der Waals surface area contributed by atoms with Crippen LogP contribution in [0.5, 0.6) is 0 Å². The normalized spacial score (nSPS) is 15.1. The van der Waals surface area contributed by atoms with Crippen LogP contribution in [0, 0.1) is 13.8 Å². The van der Waals surface area contributed by atoms with Gasteiger partial charge in [-0.2, -0.15) is 0 Å². The molecule has 146 valence electrons. The summed E-state index contributed by atoms with van der Waals surface area (Å²) in [6.07, 6.45) is 1.52. The first-order valence-electron chi connectivity index (χ1n) is 9.26. The number of hydrogen-bond acceptors (Lipinski definition) is 7. The van der Waals surface area contributed by atoms with Crippen molar-refractivity contribution < 1.29 is 23.3 Å². The van der Waals surface area contributed by atoms with Gasteiger partial charge in [0.25, 0.3) is 5.91 Å². The molecular weight excluding hydrogens is 362 g/mol. The number of carbonyl (C=O) groups is 2. The Bertz CT molecular complexity index is 961. The smallest absolute Gasteiger partial charge is 0.344 e. The summed E-state index contributed by atoms with van der Waals surface area (Å²) in [4.78, 5) is 30.8. The number of esters is 1. The third-order valence-electron chi connectivity index (χ3n) is 5.07. The Hall–Kier alpha value is -3.16. The molecule has 0 N–H and O–H groups in total. The van der Waals surface area contributed by atoms with Crippen LogP contribution in [0.3, 0.4) is 0 Å². The Balaban J connectivity index is 1.31. The molecule has 0 radical (unpaired) electrons. The molecule has 3 heterocycles. The first-order valence-corrected chi connectivity index (χ1v) is 9.26. The molecular formula is C20H21N3O5. The summed E-state index contributed by atoms with van der Waals surface area (Å²) in [7, 11) is 0. The van der Waals surface area contributed by atoms with E-state index >= 15 is 0 Å². The summed E-state index contributed by atoms with van der Waals surface area (Å²) in [5.74, 6) is 0.482. The molecule has 1 aliphatic rings. The summed E-state index contributed by atoms with van der Waals surface area (Å²) in [6.45, 7) is 4.15. The minimum absolute atomic E-state index is 0.182. The standard InChI is InChI=1S/C20H21N3O5/c1-12-18(13(2)28-22-12)20(25)26-11-17(24)23-9-7-14(8-10-23)19-21-15-5-3-4-6-16(15)27-19/h3-6,14H,7-11H2,1-2H3. The molecule has 28 heavy (non-hydrogen) atoms. The number of fused-ring (bicyclic) bond motifs is 1. The Morgan fingerprint density at radius 2 is 1.96 bits per heavy atom. The molecule has 8 nitrogen and oxygen atoms in total. The van der Waals surface area contributed by atoms with Gasteiger partial charge in [-0.15, -0.1) is 0 Å². The zero-order valence-electron chi connectivity index (χ0n) is 15.8. The minimum atomic E-state index is -0.592. The number of ether oxygens (including phenoxy) is 1. The quantitative estimate of drug-likeness (QED) is 0.639. The topological polar surface area (TPSA) is 98.7 Å². The number of hydrogen-bond donors (Lipinski definition) is 0. The second-order valence-electron chi connectivity index (χ2n) is 6.95. The number of rotatable bonds is 4. The molecule has 1 amide bonds. The molecule has 8 heteroatoms. The number of aryl methyl sites for hydroxylation is 2. The highest BCUT2D eigenvalue weighted by molar-refractivity contribution is 5.93. The first kappa shape index (κ1) is 18.2. The van der Waals surface area contributed by atoms with Crippen molar-refractivity contribution in [2.45, 2.75) is 32.6 Å². The maximum Gasteiger partial charge on any atom is 0.344 e. The zero-order valence-corrected chi connectivity index (χ0v) is 15.8. The van der Waals surface area contributed by atoms with Crippen LogP contribution in [0.4, 0.5) is 0 Å². The van der Waals surface area contributed by atoms with Crippen molar-refractivity contribution in [3.8, 4) is 0 Å². The largest absolute Gasteiger partial charge is 0.452 e. The van der Waals surface area contributed by atoms with E-state index in [4.69, 9.17) is 13.7 Å². The Labute approximate surface area is 161 Å². The summed E-state index contributed by atoms with van der Waals surface area (Å²) in [6, 6.07) is 7.67. The lowest BCUT2D eigenvalue weighted by atomic mass is 9.97. The van der Waals surface area contributed by atoms with Gasteiger partial charge in [-0.1, -0.05) is 17.3 Å². The van der Waals surface area contributed by atoms with Crippen LogP contribution >= 0.6 is 0 Å². The Kier molecular flexibility index (Phi) is 4.85. The van der Waals surface area contributed by atoms with Crippen molar-refractivity contribution in [1.29, 1.82) is 0 Å². The maximum absolute atomic E-state index is 12.4. The van der Waals surface area contributed by atoms with Crippen molar-refractivity contribution in [1.82, 2.24) is 15.0 Å². The van der Waals surface area contributed by atoms with E-state index in [-0.39, 0.29) is 24.0 Å². The number of para-hydroxylation sites is 2. The number of carbonyl (C=O) groups excluding carboxylic acids is 2. The fourth-order valence-electron chi connectivity index (χ4n) is 3.51. The van der Waals surface area contributed by atoms with Crippen molar-refractivity contribution in [2.75, 3.05) is 19.7 Å². The third kappa shape index (κ3) is 3.49. The second-order valence-corrected chi connectivity index (χ2v) is 6.95. The van der Waals surface area contributed by atoms with Crippen molar-refractivity contribution in [2.24, 2.45) is 0 Å². The first-order chi connectivity index (χ1) is 13.5. The molecule has 0 unspecified atom stereocenters. The summed E-state index contributed by atoms with van der Waals surface area (Å²) >= 11 is 0. The van der Waals surface area contributed by atoms with Gasteiger partial charge in [0.15, 0.2) is 18.1 Å². The van der Waals surface area contributed by atoms with Crippen molar-refractivity contribution in [3.05, 3.63) is 47.2 Å². The van der Waals surface area contributed by atoms with Gasteiger partial charge in [0.1, 0.15) is 16.8 Å². The van der Waals surface area contributed by atoms with Gasteiger partial charge in [0.05, 0.1) is 5.69 Å². The lowest BCUT2D eigenvalue weighted by Gasteiger charge is -2.30. The molecule has 1 aromatic carbocycles. The molecule has 4 rings (SSSR count). The lowest BCUT2D eigenvalue weighted by Crippen LogP contribution is -2.40. The number of oxazole rings is 1. The molecule has 0 spiro atoms. The minimum Gasteiger partial charge on any atom is -0.452 e. The summed E-state index contributed by atoms with van der Waals surface area (Å²) < 4.78 is 16.0. The van der Waals surface area contributed by atoms with Gasteiger partial charge >= 0.3 is 5.97 Å². The predicted molar refractivity (Wildman–Crippen MR) is 98.8 cm³/mol. The van der Waals surface area contributed by atoms with E-state index in [0.29, 0.717) is 24.5 Å². The highest BCUT2D eigenvalue weighted by Crippen LogP contribution is 2.30. The maximum atomic E-state index is 12.4. The van der Waals surface area contributed by atoms with E-state index in [2.05, 4.69) is 10.1 Å². The molecule has 1 aliphatic heterocycles. The number of piperidine rings is 1. The third-order valence-corrected chi connectivity index (χ3v) is 5.07. The molecule has 1 saturated heterocycles. The van der Waals surface area contributed by atoms with Gasteiger partial charge in [0.2, 0.25) is 0 Å². The molecule has 3 aromatic rings. The molecule has 0 bridgehead atoms. The zero-order chi connectivity index (χ0) is 19.7. The average Bonchev–Trinajstić information content (AvgIpc) is 3.29. The number of amides is 1. The second kappa shape index (κ2) is 7.46. The average molecular weight is 383 g/mol. The van der Waals surface area contributed by atoms with Crippen molar-refractivity contribution in [3.63, 3.8) is 0 Å². The van der Waals surface area contributed by atoms with E-state index < -0.39 is 5.97 Å². The predicted octanol–water partition coefficient (Wildman–Crippen LogP) is 3.00. The number of aromatic nitrogens is 2. The van der Waals surface area contributed by atoms with E-state index in [1.807, 2.05) is 24.3 Å². The van der Waals surface area contributed by atoms with Crippen LogP contribution in [-0.2, 0) is 9.53 Å². The Morgan fingerprint density at radius 3 is 2.64 bits per heavy atom. The monoisotopic (exact) mass is 383 g/mol. The highest BCUT2D eigenvalue weighted by atomic mass is 16.5. The summed E-state index contributed by atoms with van der Waals surface area (Å²) in [5.41, 5.74) is 2.36. The van der Waals surface area contributed by atoms with Gasteiger partial charge in [-0.05, 0) is 38.8 Å². The molecule has 2 aromatic heterocycles. The van der Waals surface area contributed by atoms with Gasteiger partial charge in [-0.3, -0.25) is 4.79 Å². The van der Waals surface area contributed by atoms with Gasteiger partial charge in [0, 0.05) is 19.0 Å². The van der Waals surface area contributed by atoms with E-state index in [9.17, 15) is 9.59 Å². The number of benzene rings is 1. The van der Waals surface area contributed by atoms with E-state index in [1.165, 1.54) is 0 Å². The lowest BCUT2D eigenvalue weighted by molar-refractivity contribution is -0.135.